The van der Waals surface area contributed by atoms with Gasteiger partial charge in [-0.25, -0.2) is 0 Å². The first kappa shape index (κ1) is 9.46. The Labute approximate surface area is 84.5 Å². The van der Waals surface area contributed by atoms with Crippen LogP contribution in [0.4, 0.5) is 0 Å². The summed E-state index contributed by atoms with van der Waals surface area (Å²) in [6, 6.07) is 4.20. The van der Waals surface area contributed by atoms with E-state index in [1.54, 1.807) is 0 Å². The average Bonchev–Trinajstić information content (AvgIpc) is 2.39. The van der Waals surface area contributed by atoms with E-state index in [1.807, 2.05) is 18.3 Å². The molecule has 1 aromatic heterocycles. The van der Waals surface area contributed by atoms with Crippen LogP contribution in [0, 0.1) is 0 Å². The van der Waals surface area contributed by atoms with E-state index >= 15 is 0 Å². The second-order valence-corrected chi connectivity index (χ2v) is 3.66. The van der Waals surface area contributed by atoms with Crippen LogP contribution in [0.5, 0.6) is 5.75 Å². The molecular weight excluding hydrogens is 176 g/mol. The molecule has 2 unspecified atom stereocenters. The van der Waals surface area contributed by atoms with Crippen LogP contribution in [0.15, 0.2) is 18.3 Å². The van der Waals surface area contributed by atoms with Gasteiger partial charge in [0.1, 0.15) is 11.9 Å². The van der Waals surface area contributed by atoms with E-state index in [1.165, 1.54) is 0 Å². The second-order valence-electron chi connectivity index (χ2n) is 3.66. The van der Waals surface area contributed by atoms with Crippen molar-refractivity contribution in [3.05, 3.63) is 24.0 Å². The summed E-state index contributed by atoms with van der Waals surface area (Å²) in [5.41, 5.74) is 1.02. The molecule has 0 amide bonds. The van der Waals surface area contributed by atoms with Gasteiger partial charge in [0.15, 0.2) is 0 Å². The Morgan fingerprint density at radius 3 is 3.29 bits per heavy atom. The first-order valence-corrected chi connectivity index (χ1v) is 5.16. The average molecular weight is 192 g/mol. The number of nitrogens with zero attached hydrogens (tertiary/aromatic N) is 1. The number of pyridine rings is 1. The molecule has 0 saturated heterocycles. The quantitative estimate of drug-likeness (QED) is 0.738. The molecule has 0 bridgehead atoms. The number of fused-ring (bicyclic) bond motifs is 1. The normalized spacial score (nSPS) is 26.1. The summed E-state index contributed by atoms with van der Waals surface area (Å²) in [5, 5.41) is 3.41. The van der Waals surface area contributed by atoms with Gasteiger partial charge in [-0.3, -0.25) is 4.98 Å². The van der Waals surface area contributed by atoms with Gasteiger partial charge in [0.05, 0.1) is 11.7 Å². The fourth-order valence-corrected chi connectivity index (χ4v) is 1.68. The maximum atomic E-state index is 5.85. The number of nitrogens with one attached hydrogen (secondary N) is 1. The van der Waals surface area contributed by atoms with Crippen molar-refractivity contribution < 1.29 is 4.74 Å². The molecule has 2 atom stereocenters. The third-order valence-electron chi connectivity index (χ3n) is 2.61. The van der Waals surface area contributed by atoms with Crippen LogP contribution >= 0.6 is 0 Å². The van der Waals surface area contributed by atoms with Crippen molar-refractivity contribution in [2.24, 2.45) is 0 Å². The van der Waals surface area contributed by atoms with E-state index in [0.717, 1.165) is 24.4 Å². The highest BCUT2D eigenvalue weighted by atomic mass is 16.5. The smallest absolute Gasteiger partial charge is 0.142 e. The number of rotatable bonds is 1. The third-order valence-corrected chi connectivity index (χ3v) is 2.61. The Hall–Kier alpha value is -1.09. The molecule has 1 N–H and O–H groups in total. The van der Waals surface area contributed by atoms with Crippen molar-refractivity contribution in [3.8, 4) is 5.75 Å². The summed E-state index contributed by atoms with van der Waals surface area (Å²) in [5.74, 6) is 0.928. The van der Waals surface area contributed by atoms with E-state index < -0.39 is 0 Å². The lowest BCUT2D eigenvalue weighted by Gasteiger charge is -2.14. The number of aromatic nitrogens is 1. The standard InChI is InChI=1S/C11H16N2O/c1-3-9-7-13-8(2)11-10(14-9)5-4-6-12-11/h4-6,8-9,13H,3,7H2,1-2H3. The van der Waals surface area contributed by atoms with Gasteiger partial charge in [0, 0.05) is 12.7 Å². The van der Waals surface area contributed by atoms with Gasteiger partial charge < -0.3 is 10.1 Å². The molecule has 0 spiro atoms. The lowest BCUT2D eigenvalue weighted by atomic mass is 10.2. The monoisotopic (exact) mass is 192 g/mol. The van der Waals surface area contributed by atoms with Crippen molar-refractivity contribution in [2.75, 3.05) is 6.54 Å². The highest BCUT2D eigenvalue weighted by Gasteiger charge is 2.20. The number of ether oxygens (including phenoxy) is 1. The summed E-state index contributed by atoms with van der Waals surface area (Å²) >= 11 is 0. The fraction of sp³-hybridized carbons (Fsp3) is 0.545. The minimum atomic E-state index is 0.267. The van der Waals surface area contributed by atoms with E-state index in [2.05, 4.69) is 24.1 Å². The predicted molar refractivity (Wildman–Crippen MR) is 55.4 cm³/mol. The molecule has 1 aliphatic heterocycles. The van der Waals surface area contributed by atoms with Crippen LogP contribution in [0.1, 0.15) is 32.0 Å². The molecule has 76 valence electrons. The zero-order valence-corrected chi connectivity index (χ0v) is 8.66. The molecule has 0 aromatic carbocycles. The molecule has 1 aromatic rings. The van der Waals surface area contributed by atoms with Crippen molar-refractivity contribution in [1.29, 1.82) is 0 Å². The zero-order chi connectivity index (χ0) is 9.97. The van der Waals surface area contributed by atoms with Crippen LogP contribution in [0.25, 0.3) is 0 Å². The largest absolute Gasteiger partial charge is 0.487 e. The van der Waals surface area contributed by atoms with Gasteiger partial charge in [-0.15, -0.1) is 0 Å². The summed E-state index contributed by atoms with van der Waals surface area (Å²) in [6.45, 7) is 5.15. The fourth-order valence-electron chi connectivity index (χ4n) is 1.68. The minimum Gasteiger partial charge on any atom is -0.487 e. The highest BCUT2D eigenvalue weighted by molar-refractivity contribution is 5.30. The Bertz CT molecular complexity index is 314. The molecule has 0 saturated carbocycles. The van der Waals surface area contributed by atoms with Gasteiger partial charge in [-0.1, -0.05) is 6.92 Å². The van der Waals surface area contributed by atoms with Crippen LogP contribution in [-0.4, -0.2) is 17.6 Å². The summed E-state index contributed by atoms with van der Waals surface area (Å²) in [7, 11) is 0. The molecule has 3 nitrogen and oxygen atoms in total. The summed E-state index contributed by atoms with van der Waals surface area (Å²) < 4.78 is 5.85. The topological polar surface area (TPSA) is 34.2 Å². The molecule has 0 aliphatic carbocycles. The van der Waals surface area contributed by atoms with Crippen molar-refractivity contribution in [2.45, 2.75) is 32.4 Å². The van der Waals surface area contributed by atoms with Crippen LogP contribution in [0.2, 0.25) is 0 Å². The maximum absolute atomic E-state index is 5.85. The lowest BCUT2D eigenvalue weighted by Crippen LogP contribution is -2.29. The van der Waals surface area contributed by atoms with Crippen molar-refractivity contribution >= 4 is 0 Å². The SMILES string of the molecule is CCC1CNC(C)c2ncccc2O1. The molecule has 2 heterocycles. The molecule has 2 rings (SSSR count). The van der Waals surface area contributed by atoms with E-state index in [-0.39, 0.29) is 12.1 Å². The van der Waals surface area contributed by atoms with Crippen LogP contribution in [0.3, 0.4) is 0 Å². The van der Waals surface area contributed by atoms with Crippen molar-refractivity contribution in [1.82, 2.24) is 10.3 Å². The number of hydrogen-bond acceptors (Lipinski definition) is 3. The van der Waals surface area contributed by atoms with Gasteiger partial charge in [-0.05, 0) is 25.5 Å². The Morgan fingerprint density at radius 2 is 2.50 bits per heavy atom. The van der Waals surface area contributed by atoms with Gasteiger partial charge in [0.2, 0.25) is 0 Å². The maximum Gasteiger partial charge on any atom is 0.142 e. The Balaban J connectivity index is 2.31. The Kier molecular flexibility index (Phi) is 2.68. The van der Waals surface area contributed by atoms with Crippen molar-refractivity contribution in [3.63, 3.8) is 0 Å². The summed E-state index contributed by atoms with van der Waals surface area (Å²) in [6.07, 6.45) is 3.10. The molecule has 1 aliphatic rings. The molecule has 0 radical (unpaired) electrons. The lowest BCUT2D eigenvalue weighted by molar-refractivity contribution is 0.200. The van der Waals surface area contributed by atoms with E-state index in [9.17, 15) is 0 Å². The number of hydrogen-bond donors (Lipinski definition) is 1. The highest BCUT2D eigenvalue weighted by Crippen LogP contribution is 2.26. The minimum absolute atomic E-state index is 0.267. The first-order chi connectivity index (χ1) is 6.81. The van der Waals surface area contributed by atoms with Gasteiger partial charge >= 0.3 is 0 Å². The second kappa shape index (κ2) is 3.96. The molecule has 14 heavy (non-hydrogen) atoms. The van der Waals surface area contributed by atoms with E-state index in [4.69, 9.17) is 4.74 Å². The first-order valence-electron chi connectivity index (χ1n) is 5.16. The third kappa shape index (κ3) is 1.73. The van der Waals surface area contributed by atoms with Gasteiger partial charge in [-0.2, -0.15) is 0 Å². The molecular formula is C11H16N2O. The predicted octanol–water partition coefficient (Wildman–Crippen LogP) is 1.90. The molecule has 3 heteroatoms. The summed E-state index contributed by atoms with van der Waals surface area (Å²) in [4.78, 5) is 4.34. The van der Waals surface area contributed by atoms with Gasteiger partial charge in [0.25, 0.3) is 0 Å². The molecule has 0 fully saturated rings. The zero-order valence-electron chi connectivity index (χ0n) is 8.66. The Morgan fingerprint density at radius 1 is 1.64 bits per heavy atom. The van der Waals surface area contributed by atoms with Crippen LogP contribution in [-0.2, 0) is 0 Å². The van der Waals surface area contributed by atoms with E-state index in [0.29, 0.717) is 0 Å². The van der Waals surface area contributed by atoms with Crippen LogP contribution < -0.4 is 10.1 Å².